The molecular weight excluding hydrogens is 648 g/mol. The number of aliphatic hydroxyl groups is 2. The molecule has 0 radical (unpaired) electrons. The normalized spacial score (nSPS) is 14.9. The van der Waals surface area contributed by atoms with Gasteiger partial charge in [-0.15, -0.1) is 0 Å². The number of hydrogen-bond donors (Lipinski definition) is 2. The van der Waals surface area contributed by atoms with Crippen LogP contribution in [0.1, 0.15) is 44.5 Å². The molecule has 0 aromatic heterocycles. The Hall–Kier alpha value is -4.00. The minimum atomic E-state index is 0. The van der Waals surface area contributed by atoms with Gasteiger partial charge in [0.25, 0.3) is 0 Å². The number of aryl methyl sites for hydroxylation is 6. The fourth-order valence-electron chi connectivity index (χ4n) is 6.90. The molecule has 6 rings (SSSR count). The molecule has 49 heavy (non-hydrogen) atoms. The molecular formula is C42H50FeN4O2. The number of hydrogen-bond acceptors (Lipinski definition) is 6. The second-order valence-electron chi connectivity index (χ2n) is 13.1. The van der Waals surface area contributed by atoms with Crippen LogP contribution < -0.4 is 9.80 Å². The van der Waals surface area contributed by atoms with Gasteiger partial charge in [-0.1, -0.05) is 96.1 Å². The molecule has 0 fully saturated rings. The molecule has 4 aromatic rings. The van der Waals surface area contributed by atoms with Gasteiger partial charge < -0.3 is 29.8 Å². The minimum absolute atomic E-state index is 0. The van der Waals surface area contributed by atoms with E-state index in [0.717, 1.165) is 12.8 Å². The predicted molar refractivity (Wildman–Crippen MR) is 199 cm³/mol. The van der Waals surface area contributed by atoms with E-state index >= 15 is 0 Å². The first-order valence-electron chi connectivity index (χ1n) is 16.8. The first-order chi connectivity index (χ1) is 23.2. The third-order valence-electron chi connectivity index (χ3n) is 8.99. The Kier molecular flexibility index (Phi) is 13.6. The van der Waals surface area contributed by atoms with Crippen LogP contribution in [0.15, 0.2) is 110 Å². The Morgan fingerprint density at radius 2 is 0.837 bits per heavy atom. The van der Waals surface area contributed by atoms with Crippen LogP contribution in [0.25, 0.3) is 0 Å². The topological polar surface area (TPSA) is 53.4 Å². The number of aliphatic hydroxyl groups excluding tert-OH is 2. The van der Waals surface area contributed by atoms with Gasteiger partial charge in [-0.25, -0.2) is 0 Å². The van der Waals surface area contributed by atoms with E-state index in [4.69, 9.17) is 0 Å². The van der Waals surface area contributed by atoms with Crippen molar-refractivity contribution in [3.63, 3.8) is 0 Å². The van der Waals surface area contributed by atoms with E-state index in [1.165, 1.54) is 55.9 Å². The van der Waals surface area contributed by atoms with E-state index in [-0.39, 0.29) is 42.4 Å². The van der Waals surface area contributed by atoms with Crippen LogP contribution in [0.2, 0.25) is 0 Å². The second-order valence-corrected chi connectivity index (χ2v) is 13.1. The molecule has 6 nitrogen and oxygen atoms in total. The SMILES string of the molecule is Cc1cc(C)c(N2C=CN([C@H](CO)Cc3ccccc3)[CH-]2)c(C)c1.Cc1cc(C)c(N2C=CN([C@H](CO)Cc3ccccc3)[CH-]2)c(C)c1.[Fe+2]. The van der Waals surface area contributed by atoms with E-state index in [1.54, 1.807) is 0 Å². The van der Waals surface area contributed by atoms with Gasteiger partial charge in [-0.05, 0) is 113 Å². The summed E-state index contributed by atoms with van der Waals surface area (Å²) < 4.78 is 0. The Bertz CT molecular complexity index is 1540. The number of nitrogens with zero attached hydrogens (tertiary/aromatic N) is 4. The maximum absolute atomic E-state index is 9.84. The van der Waals surface area contributed by atoms with E-state index in [0.29, 0.717) is 0 Å². The summed E-state index contributed by atoms with van der Waals surface area (Å²) in [7, 11) is 0. The smallest absolute Gasteiger partial charge is 0.503 e. The van der Waals surface area contributed by atoms with Gasteiger partial charge in [0.15, 0.2) is 0 Å². The molecule has 7 heteroatoms. The molecule has 0 unspecified atom stereocenters. The van der Waals surface area contributed by atoms with Crippen molar-refractivity contribution in [1.82, 2.24) is 9.80 Å². The van der Waals surface area contributed by atoms with Crippen molar-refractivity contribution < 1.29 is 27.3 Å². The van der Waals surface area contributed by atoms with E-state index in [2.05, 4.69) is 135 Å². The molecule has 258 valence electrons. The van der Waals surface area contributed by atoms with Crippen molar-refractivity contribution in [2.45, 2.75) is 66.5 Å². The van der Waals surface area contributed by atoms with Crippen LogP contribution in [-0.2, 0) is 29.9 Å². The maximum Gasteiger partial charge on any atom is 2.00 e. The molecule has 2 aliphatic rings. The molecule has 0 saturated heterocycles. The van der Waals surface area contributed by atoms with Gasteiger partial charge >= 0.3 is 17.1 Å². The third-order valence-corrected chi connectivity index (χ3v) is 8.99. The zero-order valence-corrected chi connectivity index (χ0v) is 30.7. The molecule has 2 atom stereocenters. The molecule has 0 saturated carbocycles. The third kappa shape index (κ3) is 9.58. The fraction of sp³-hybridized carbons (Fsp3) is 0.286. The van der Waals surface area contributed by atoms with Crippen molar-refractivity contribution in [3.05, 3.63) is 168 Å². The van der Waals surface area contributed by atoms with Gasteiger partial charge in [-0.2, -0.15) is 13.3 Å². The minimum Gasteiger partial charge on any atom is -0.503 e. The molecule has 0 bridgehead atoms. The zero-order chi connectivity index (χ0) is 34.2. The summed E-state index contributed by atoms with van der Waals surface area (Å²) in [6.45, 7) is 17.2. The van der Waals surface area contributed by atoms with Crippen molar-refractivity contribution in [3.8, 4) is 0 Å². The average Bonchev–Trinajstić information content (AvgIpc) is 3.74. The van der Waals surface area contributed by atoms with Gasteiger partial charge in [0.05, 0.1) is 13.2 Å². The van der Waals surface area contributed by atoms with Crippen molar-refractivity contribution in [2.24, 2.45) is 0 Å². The summed E-state index contributed by atoms with van der Waals surface area (Å²) in [5.41, 5.74) is 12.5. The van der Waals surface area contributed by atoms with Crippen molar-refractivity contribution >= 4 is 11.4 Å². The molecule has 2 aliphatic heterocycles. The quantitative estimate of drug-likeness (QED) is 0.130. The first-order valence-corrected chi connectivity index (χ1v) is 16.8. The van der Waals surface area contributed by atoms with Crippen LogP contribution >= 0.6 is 0 Å². The van der Waals surface area contributed by atoms with Crippen LogP contribution in [-0.4, -0.2) is 45.3 Å². The summed E-state index contributed by atoms with van der Waals surface area (Å²) in [6.07, 6.45) is 9.86. The van der Waals surface area contributed by atoms with Crippen LogP contribution in [0.3, 0.4) is 0 Å². The van der Waals surface area contributed by atoms with E-state index in [9.17, 15) is 10.2 Å². The Morgan fingerprint density at radius 3 is 1.14 bits per heavy atom. The van der Waals surface area contributed by atoms with E-state index in [1.807, 2.05) is 48.8 Å². The molecule has 0 aliphatic carbocycles. The van der Waals surface area contributed by atoms with Crippen molar-refractivity contribution in [2.75, 3.05) is 23.0 Å². The van der Waals surface area contributed by atoms with Gasteiger partial charge in [-0.3, -0.25) is 0 Å². The predicted octanol–water partition coefficient (Wildman–Crippen LogP) is 7.85. The van der Waals surface area contributed by atoms with Crippen LogP contribution in [0.5, 0.6) is 0 Å². The van der Waals surface area contributed by atoms with E-state index < -0.39 is 0 Å². The monoisotopic (exact) mass is 698 g/mol. The first kappa shape index (κ1) is 37.8. The standard InChI is InChI=1S/2C21H25N2O.Fe/c2*1-16-11-17(2)21(18(3)12-16)23-10-9-22(15-23)20(14-24)13-19-7-5-4-6-8-19;/h2*4-12,15,20,24H,13-14H2,1-3H3;/q2*-1;+2/t2*20-;/m00./s1. The summed E-state index contributed by atoms with van der Waals surface area (Å²) >= 11 is 0. The summed E-state index contributed by atoms with van der Waals surface area (Å²) in [4.78, 5) is 8.51. The Labute approximate surface area is 304 Å². The van der Waals surface area contributed by atoms with Crippen LogP contribution in [0, 0.1) is 54.9 Å². The largest absolute Gasteiger partial charge is 2.00 e. The van der Waals surface area contributed by atoms with Gasteiger partial charge in [0, 0.05) is 23.5 Å². The van der Waals surface area contributed by atoms with Gasteiger partial charge in [0.2, 0.25) is 0 Å². The molecule has 0 spiro atoms. The number of anilines is 2. The molecule has 4 aromatic carbocycles. The number of rotatable bonds is 10. The average molecular weight is 699 g/mol. The summed E-state index contributed by atoms with van der Waals surface area (Å²) in [5.74, 6) is 0. The van der Waals surface area contributed by atoms with Crippen LogP contribution in [0.4, 0.5) is 11.4 Å². The Morgan fingerprint density at radius 1 is 0.510 bits per heavy atom. The number of benzene rings is 4. The Balaban J connectivity index is 0.000000216. The van der Waals surface area contributed by atoms with Crippen molar-refractivity contribution in [1.29, 1.82) is 0 Å². The summed E-state index contributed by atoms with van der Waals surface area (Å²) in [5, 5.41) is 19.7. The molecule has 2 heterocycles. The molecule has 2 N–H and O–H groups in total. The summed E-state index contributed by atoms with van der Waals surface area (Å²) in [6, 6.07) is 29.5. The molecule has 0 amide bonds. The maximum atomic E-state index is 9.84. The zero-order valence-electron chi connectivity index (χ0n) is 29.6. The fourth-order valence-corrected chi connectivity index (χ4v) is 6.90. The second kappa shape index (κ2) is 17.6. The van der Waals surface area contributed by atoms with Gasteiger partial charge in [0.1, 0.15) is 0 Å².